The lowest BCUT2D eigenvalue weighted by Gasteiger charge is -2.25. The van der Waals surface area contributed by atoms with E-state index in [4.69, 9.17) is 9.47 Å². The lowest BCUT2D eigenvalue weighted by Crippen LogP contribution is -2.17. The second kappa shape index (κ2) is 6.95. The number of aryl methyl sites for hydroxylation is 1. The number of nitrogens with zero attached hydrogens (tertiary/aromatic N) is 1. The van der Waals surface area contributed by atoms with E-state index in [0.717, 1.165) is 42.0 Å². The Morgan fingerprint density at radius 2 is 1.93 bits per heavy atom. The maximum absolute atomic E-state index is 11.9. The number of carbonyl (C=O) groups is 1. The van der Waals surface area contributed by atoms with Crippen LogP contribution in [0.2, 0.25) is 0 Å². The average molecular weight is 369 g/mol. The van der Waals surface area contributed by atoms with Crippen LogP contribution in [0, 0.1) is 0 Å². The van der Waals surface area contributed by atoms with Crippen molar-refractivity contribution in [3.05, 3.63) is 35.0 Å². The Balaban J connectivity index is 1.91. The van der Waals surface area contributed by atoms with Crippen molar-refractivity contribution in [2.45, 2.75) is 64.5 Å². The number of benzene rings is 1. The molecule has 2 heterocycles. The van der Waals surface area contributed by atoms with Crippen molar-refractivity contribution in [1.29, 1.82) is 0 Å². The Hall–Kier alpha value is -2.43. The van der Waals surface area contributed by atoms with E-state index in [1.54, 1.807) is 7.11 Å². The third-order valence-electron chi connectivity index (χ3n) is 5.75. The molecule has 2 aromatic rings. The number of carboxylic acid groups (broad SMARTS) is 1. The van der Waals surface area contributed by atoms with E-state index in [0.29, 0.717) is 18.2 Å². The molecule has 5 heteroatoms. The van der Waals surface area contributed by atoms with Crippen molar-refractivity contribution in [2.24, 2.45) is 0 Å². The van der Waals surface area contributed by atoms with Crippen LogP contribution in [-0.2, 0) is 13.0 Å². The van der Waals surface area contributed by atoms with Crippen molar-refractivity contribution < 1.29 is 19.4 Å². The summed E-state index contributed by atoms with van der Waals surface area (Å²) >= 11 is 0. The van der Waals surface area contributed by atoms with Crippen molar-refractivity contribution >= 4 is 5.97 Å². The molecule has 1 aromatic heterocycles. The van der Waals surface area contributed by atoms with Gasteiger partial charge in [0.05, 0.1) is 18.9 Å². The first-order chi connectivity index (χ1) is 13.0. The second-order valence-electron chi connectivity index (χ2n) is 7.85. The van der Waals surface area contributed by atoms with Gasteiger partial charge in [-0.3, -0.25) is 0 Å². The summed E-state index contributed by atoms with van der Waals surface area (Å²) in [6.45, 7) is 4.67. The van der Waals surface area contributed by atoms with E-state index in [1.807, 2.05) is 30.5 Å². The number of rotatable bonds is 5. The van der Waals surface area contributed by atoms with Gasteiger partial charge in [0.25, 0.3) is 0 Å². The summed E-state index contributed by atoms with van der Waals surface area (Å²) in [7, 11) is 1.66. The molecule has 1 aliphatic heterocycles. The standard InChI is InChI=1S/C22H27NO4/c1-13(2)27-20-12-17-15(10-19(20)26-3)8-9-23-18(22(24)25)11-16(21(17)23)14-6-4-5-7-14/h10-14H,4-9H2,1-3H3,(H,24,25). The monoisotopic (exact) mass is 369 g/mol. The van der Waals surface area contributed by atoms with Gasteiger partial charge in [0.1, 0.15) is 5.69 Å². The summed E-state index contributed by atoms with van der Waals surface area (Å²) in [4.78, 5) is 11.9. The lowest BCUT2D eigenvalue weighted by atomic mass is 9.90. The predicted octanol–water partition coefficient (Wildman–Crippen LogP) is 4.86. The smallest absolute Gasteiger partial charge is 0.352 e. The van der Waals surface area contributed by atoms with Crippen LogP contribution < -0.4 is 9.47 Å². The van der Waals surface area contributed by atoms with Crippen LogP contribution in [0.5, 0.6) is 11.5 Å². The number of fused-ring (bicyclic) bond motifs is 3. The molecule has 0 atom stereocenters. The van der Waals surface area contributed by atoms with E-state index < -0.39 is 5.97 Å². The van der Waals surface area contributed by atoms with Crippen LogP contribution in [-0.4, -0.2) is 28.9 Å². The van der Waals surface area contributed by atoms with Gasteiger partial charge in [0, 0.05) is 12.1 Å². The minimum atomic E-state index is -0.851. The van der Waals surface area contributed by atoms with Gasteiger partial charge in [0.15, 0.2) is 11.5 Å². The van der Waals surface area contributed by atoms with E-state index in [-0.39, 0.29) is 6.10 Å². The van der Waals surface area contributed by atoms with E-state index >= 15 is 0 Å². The number of aromatic carboxylic acids is 1. The molecule has 0 bridgehead atoms. The Morgan fingerprint density at radius 3 is 2.56 bits per heavy atom. The average Bonchev–Trinajstić information content (AvgIpc) is 3.28. The molecule has 0 radical (unpaired) electrons. The van der Waals surface area contributed by atoms with Gasteiger partial charge in [-0.1, -0.05) is 12.8 Å². The highest BCUT2D eigenvalue weighted by Crippen LogP contribution is 2.46. The summed E-state index contributed by atoms with van der Waals surface area (Å²) in [6.07, 6.45) is 5.54. The van der Waals surface area contributed by atoms with E-state index in [1.165, 1.54) is 24.0 Å². The molecule has 144 valence electrons. The maximum Gasteiger partial charge on any atom is 0.352 e. The molecular formula is C22H27NO4. The van der Waals surface area contributed by atoms with Gasteiger partial charge in [-0.2, -0.15) is 0 Å². The van der Waals surface area contributed by atoms with E-state index in [2.05, 4.69) is 6.07 Å². The molecule has 1 N–H and O–H groups in total. The third kappa shape index (κ3) is 3.09. The topological polar surface area (TPSA) is 60.7 Å². The van der Waals surface area contributed by atoms with Crippen molar-refractivity contribution in [3.8, 4) is 22.8 Å². The van der Waals surface area contributed by atoms with Gasteiger partial charge in [-0.05, 0) is 68.4 Å². The van der Waals surface area contributed by atoms with Crippen LogP contribution in [0.25, 0.3) is 11.3 Å². The quantitative estimate of drug-likeness (QED) is 0.817. The Morgan fingerprint density at radius 1 is 1.19 bits per heavy atom. The molecule has 1 saturated carbocycles. The molecule has 1 aromatic carbocycles. The second-order valence-corrected chi connectivity index (χ2v) is 7.85. The zero-order valence-electron chi connectivity index (χ0n) is 16.2. The molecule has 1 aliphatic carbocycles. The SMILES string of the molecule is COc1cc2c(cc1OC(C)C)-c1c(C3CCCC3)cc(C(=O)O)n1CC2. The van der Waals surface area contributed by atoms with Gasteiger partial charge in [-0.15, -0.1) is 0 Å². The Labute approximate surface area is 159 Å². The molecule has 1 fully saturated rings. The summed E-state index contributed by atoms with van der Waals surface area (Å²) < 4.78 is 13.5. The molecular weight excluding hydrogens is 342 g/mol. The minimum Gasteiger partial charge on any atom is -0.493 e. The third-order valence-corrected chi connectivity index (χ3v) is 5.75. The van der Waals surface area contributed by atoms with Crippen LogP contribution in [0.15, 0.2) is 18.2 Å². The highest BCUT2D eigenvalue weighted by atomic mass is 16.5. The van der Waals surface area contributed by atoms with Crippen LogP contribution in [0.1, 0.15) is 67.1 Å². The first kappa shape index (κ1) is 18.0. The fraction of sp³-hybridized carbons (Fsp3) is 0.500. The van der Waals surface area contributed by atoms with Gasteiger partial charge < -0.3 is 19.1 Å². The minimum absolute atomic E-state index is 0.0382. The summed E-state index contributed by atoms with van der Waals surface area (Å²) in [5.74, 6) is 1.05. The van der Waals surface area contributed by atoms with Crippen molar-refractivity contribution in [1.82, 2.24) is 4.57 Å². The largest absolute Gasteiger partial charge is 0.493 e. The normalized spacial score (nSPS) is 16.3. The van der Waals surface area contributed by atoms with Crippen LogP contribution in [0.3, 0.4) is 0 Å². The highest BCUT2D eigenvalue weighted by molar-refractivity contribution is 5.89. The van der Waals surface area contributed by atoms with Crippen LogP contribution >= 0.6 is 0 Å². The zero-order valence-corrected chi connectivity index (χ0v) is 16.2. The molecule has 0 unspecified atom stereocenters. The first-order valence-electron chi connectivity index (χ1n) is 9.84. The fourth-order valence-electron chi connectivity index (χ4n) is 4.60. The molecule has 0 spiro atoms. The van der Waals surface area contributed by atoms with Crippen molar-refractivity contribution in [3.63, 3.8) is 0 Å². The molecule has 0 saturated heterocycles. The van der Waals surface area contributed by atoms with E-state index in [9.17, 15) is 9.90 Å². The Bertz CT molecular complexity index is 875. The zero-order chi connectivity index (χ0) is 19.1. The molecule has 2 aliphatic rings. The molecule has 5 nitrogen and oxygen atoms in total. The number of ether oxygens (including phenoxy) is 2. The Kier molecular flexibility index (Phi) is 4.62. The predicted molar refractivity (Wildman–Crippen MR) is 104 cm³/mol. The number of aromatic nitrogens is 1. The lowest BCUT2D eigenvalue weighted by molar-refractivity contribution is 0.0685. The van der Waals surface area contributed by atoms with Gasteiger partial charge in [-0.25, -0.2) is 4.79 Å². The molecule has 4 rings (SSSR count). The van der Waals surface area contributed by atoms with Crippen molar-refractivity contribution in [2.75, 3.05) is 7.11 Å². The molecule has 0 amide bonds. The number of hydrogen-bond acceptors (Lipinski definition) is 3. The molecule has 27 heavy (non-hydrogen) atoms. The number of methoxy groups -OCH3 is 1. The number of carboxylic acids is 1. The summed E-state index contributed by atoms with van der Waals surface area (Å²) in [6, 6.07) is 6.02. The summed E-state index contributed by atoms with van der Waals surface area (Å²) in [5, 5.41) is 9.74. The van der Waals surface area contributed by atoms with Gasteiger partial charge in [0.2, 0.25) is 0 Å². The first-order valence-corrected chi connectivity index (χ1v) is 9.84. The maximum atomic E-state index is 11.9. The van der Waals surface area contributed by atoms with Crippen LogP contribution in [0.4, 0.5) is 0 Å². The number of hydrogen-bond donors (Lipinski definition) is 1. The highest BCUT2D eigenvalue weighted by Gasteiger charge is 2.31. The van der Waals surface area contributed by atoms with Gasteiger partial charge >= 0.3 is 5.97 Å². The summed E-state index contributed by atoms with van der Waals surface area (Å²) in [5.41, 5.74) is 4.94. The fourth-order valence-corrected chi connectivity index (χ4v) is 4.60.